The number of ether oxygens (including phenoxy) is 2. The number of hydrogen-bond acceptors (Lipinski definition) is 4. The SMILES string of the molecule is COc1cc(CO)ccc1Oc1ccc(CN)cc1F. The lowest BCUT2D eigenvalue weighted by Crippen LogP contribution is -1.98. The van der Waals surface area contributed by atoms with Crippen molar-refractivity contribution in [1.29, 1.82) is 0 Å². The Hall–Kier alpha value is -2.11. The molecule has 20 heavy (non-hydrogen) atoms. The van der Waals surface area contributed by atoms with Crippen LogP contribution in [0, 0.1) is 5.82 Å². The number of aliphatic hydroxyl groups excluding tert-OH is 1. The van der Waals surface area contributed by atoms with Gasteiger partial charge in [0.25, 0.3) is 0 Å². The molecule has 0 amide bonds. The lowest BCUT2D eigenvalue weighted by atomic mass is 10.2. The van der Waals surface area contributed by atoms with Gasteiger partial charge in [0.05, 0.1) is 13.7 Å². The van der Waals surface area contributed by atoms with Crippen molar-refractivity contribution in [2.45, 2.75) is 13.2 Å². The van der Waals surface area contributed by atoms with Crippen LogP contribution in [0.1, 0.15) is 11.1 Å². The maximum Gasteiger partial charge on any atom is 0.169 e. The fourth-order valence-corrected chi connectivity index (χ4v) is 1.77. The van der Waals surface area contributed by atoms with E-state index >= 15 is 0 Å². The Balaban J connectivity index is 2.29. The highest BCUT2D eigenvalue weighted by Crippen LogP contribution is 2.33. The van der Waals surface area contributed by atoms with Crippen LogP contribution < -0.4 is 15.2 Å². The topological polar surface area (TPSA) is 64.7 Å². The molecule has 5 heteroatoms. The highest BCUT2D eigenvalue weighted by Gasteiger charge is 2.10. The average Bonchev–Trinajstić information content (AvgIpc) is 2.49. The molecule has 0 spiro atoms. The fourth-order valence-electron chi connectivity index (χ4n) is 1.77. The third-order valence-electron chi connectivity index (χ3n) is 2.86. The number of nitrogens with two attached hydrogens (primary N) is 1. The molecule has 0 atom stereocenters. The molecule has 3 N–H and O–H groups in total. The van der Waals surface area contributed by atoms with E-state index in [4.69, 9.17) is 20.3 Å². The number of rotatable bonds is 5. The van der Waals surface area contributed by atoms with Gasteiger partial charge in [-0.15, -0.1) is 0 Å². The lowest BCUT2D eigenvalue weighted by molar-refractivity contribution is 0.280. The molecule has 4 nitrogen and oxygen atoms in total. The summed E-state index contributed by atoms with van der Waals surface area (Å²) in [5.74, 6) is 0.418. The molecular formula is C15H16FNO3. The van der Waals surface area contributed by atoms with Crippen LogP contribution >= 0.6 is 0 Å². The summed E-state index contributed by atoms with van der Waals surface area (Å²) in [4.78, 5) is 0. The van der Waals surface area contributed by atoms with Gasteiger partial charge in [-0.2, -0.15) is 0 Å². The van der Waals surface area contributed by atoms with Crippen LogP contribution in [-0.4, -0.2) is 12.2 Å². The number of benzene rings is 2. The van der Waals surface area contributed by atoms with Gasteiger partial charge in [-0.1, -0.05) is 12.1 Å². The van der Waals surface area contributed by atoms with Crippen molar-refractivity contribution in [2.24, 2.45) is 5.73 Å². The molecule has 0 aliphatic rings. The van der Waals surface area contributed by atoms with Crippen molar-refractivity contribution < 1.29 is 19.0 Å². The van der Waals surface area contributed by atoms with Gasteiger partial charge in [0, 0.05) is 6.54 Å². The minimum atomic E-state index is -0.485. The second-order valence-electron chi connectivity index (χ2n) is 4.21. The van der Waals surface area contributed by atoms with Gasteiger partial charge in [-0.05, 0) is 35.4 Å². The van der Waals surface area contributed by atoms with Crippen molar-refractivity contribution in [1.82, 2.24) is 0 Å². The summed E-state index contributed by atoms with van der Waals surface area (Å²) in [5, 5.41) is 9.07. The average molecular weight is 277 g/mol. The fraction of sp³-hybridized carbons (Fsp3) is 0.200. The van der Waals surface area contributed by atoms with Gasteiger partial charge in [-0.25, -0.2) is 4.39 Å². The molecule has 2 aromatic rings. The number of hydrogen-bond donors (Lipinski definition) is 2. The second-order valence-corrected chi connectivity index (χ2v) is 4.21. The molecule has 0 unspecified atom stereocenters. The molecule has 0 aliphatic heterocycles. The van der Waals surface area contributed by atoms with Gasteiger partial charge in [-0.3, -0.25) is 0 Å². The van der Waals surface area contributed by atoms with Gasteiger partial charge < -0.3 is 20.3 Å². The smallest absolute Gasteiger partial charge is 0.169 e. The van der Waals surface area contributed by atoms with Gasteiger partial charge in [0.2, 0.25) is 0 Å². The molecule has 2 rings (SSSR count). The minimum absolute atomic E-state index is 0.0947. The predicted octanol–water partition coefficient (Wildman–Crippen LogP) is 2.58. The molecule has 0 fully saturated rings. The minimum Gasteiger partial charge on any atom is -0.493 e. The first kappa shape index (κ1) is 14.3. The molecule has 0 saturated heterocycles. The molecule has 2 aromatic carbocycles. The zero-order valence-corrected chi connectivity index (χ0v) is 11.1. The summed E-state index contributed by atoms with van der Waals surface area (Å²) in [7, 11) is 1.48. The molecule has 0 radical (unpaired) electrons. The molecule has 0 heterocycles. The monoisotopic (exact) mass is 277 g/mol. The second kappa shape index (κ2) is 6.36. The number of methoxy groups -OCH3 is 1. The molecule has 106 valence electrons. The lowest BCUT2D eigenvalue weighted by Gasteiger charge is -2.12. The van der Waals surface area contributed by atoms with E-state index in [1.54, 1.807) is 24.3 Å². The van der Waals surface area contributed by atoms with E-state index in [1.807, 2.05) is 0 Å². The first-order valence-corrected chi connectivity index (χ1v) is 6.12. The van der Waals surface area contributed by atoms with E-state index < -0.39 is 5.82 Å². The van der Waals surface area contributed by atoms with Crippen molar-refractivity contribution >= 4 is 0 Å². The van der Waals surface area contributed by atoms with Crippen LogP contribution in [0.5, 0.6) is 17.2 Å². The Morgan fingerprint density at radius 2 is 1.75 bits per heavy atom. The van der Waals surface area contributed by atoms with E-state index in [2.05, 4.69) is 0 Å². The van der Waals surface area contributed by atoms with E-state index in [-0.39, 0.29) is 18.9 Å². The highest BCUT2D eigenvalue weighted by molar-refractivity contribution is 5.45. The predicted molar refractivity (Wildman–Crippen MR) is 73.3 cm³/mol. The van der Waals surface area contributed by atoms with Gasteiger partial charge in [0.1, 0.15) is 0 Å². The van der Waals surface area contributed by atoms with Crippen LogP contribution in [0.2, 0.25) is 0 Å². The zero-order valence-electron chi connectivity index (χ0n) is 11.1. The first-order chi connectivity index (χ1) is 9.67. The Bertz CT molecular complexity index is 602. The van der Waals surface area contributed by atoms with Gasteiger partial charge >= 0.3 is 0 Å². The van der Waals surface area contributed by atoms with Gasteiger partial charge in [0.15, 0.2) is 23.1 Å². The third-order valence-corrected chi connectivity index (χ3v) is 2.86. The maximum absolute atomic E-state index is 13.8. The Morgan fingerprint density at radius 3 is 2.35 bits per heavy atom. The Morgan fingerprint density at radius 1 is 1.05 bits per heavy atom. The van der Waals surface area contributed by atoms with Crippen LogP contribution in [0.25, 0.3) is 0 Å². The summed E-state index contributed by atoms with van der Waals surface area (Å²) in [6.45, 7) is 0.169. The van der Waals surface area contributed by atoms with E-state index in [0.717, 1.165) is 0 Å². The Labute approximate surface area is 116 Å². The quantitative estimate of drug-likeness (QED) is 0.881. The zero-order chi connectivity index (χ0) is 14.5. The summed E-state index contributed by atoms with van der Waals surface area (Å²) in [5.41, 5.74) is 6.83. The molecular weight excluding hydrogens is 261 g/mol. The van der Waals surface area contributed by atoms with Crippen LogP contribution in [0.15, 0.2) is 36.4 Å². The molecule has 0 aromatic heterocycles. The molecule has 0 aliphatic carbocycles. The van der Waals surface area contributed by atoms with Crippen molar-refractivity contribution in [3.8, 4) is 17.2 Å². The maximum atomic E-state index is 13.8. The Kier molecular flexibility index (Phi) is 4.55. The third kappa shape index (κ3) is 3.07. The van der Waals surface area contributed by atoms with E-state index in [0.29, 0.717) is 22.6 Å². The van der Waals surface area contributed by atoms with Crippen molar-refractivity contribution in [3.63, 3.8) is 0 Å². The summed E-state index contributed by atoms with van der Waals surface area (Å²) in [6, 6.07) is 9.51. The first-order valence-electron chi connectivity index (χ1n) is 6.12. The van der Waals surface area contributed by atoms with Crippen molar-refractivity contribution in [2.75, 3.05) is 7.11 Å². The van der Waals surface area contributed by atoms with Crippen LogP contribution in [0.3, 0.4) is 0 Å². The number of halogens is 1. The number of aliphatic hydroxyl groups is 1. The normalized spacial score (nSPS) is 10.4. The summed E-state index contributed by atoms with van der Waals surface area (Å²) in [6.07, 6.45) is 0. The molecule has 0 saturated carbocycles. The summed E-state index contributed by atoms with van der Waals surface area (Å²) < 4.78 is 24.5. The van der Waals surface area contributed by atoms with Crippen LogP contribution in [-0.2, 0) is 13.2 Å². The molecule has 0 bridgehead atoms. The summed E-state index contributed by atoms with van der Waals surface area (Å²) >= 11 is 0. The largest absolute Gasteiger partial charge is 0.493 e. The highest BCUT2D eigenvalue weighted by atomic mass is 19.1. The van der Waals surface area contributed by atoms with E-state index in [9.17, 15) is 4.39 Å². The van der Waals surface area contributed by atoms with E-state index in [1.165, 1.54) is 19.2 Å². The van der Waals surface area contributed by atoms with Crippen molar-refractivity contribution in [3.05, 3.63) is 53.3 Å². The standard InChI is InChI=1S/C15H16FNO3/c1-19-15-7-11(9-18)3-5-14(15)20-13-4-2-10(8-17)6-12(13)16/h2-7,18H,8-9,17H2,1H3. The van der Waals surface area contributed by atoms with Crippen LogP contribution in [0.4, 0.5) is 4.39 Å².